The Bertz CT molecular complexity index is 1410. The minimum Gasteiger partial charge on any atom is -0.497 e. The Morgan fingerprint density at radius 1 is 0.941 bits per heavy atom. The molecular formula is C23H20N4O6S. The molecule has 3 aromatic carbocycles. The summed E-state index contributed by atoms with van der Waals surface area (Å²) in [5.74, 6) is -0.189. The van der Waals surface area contributed by atoms with Crippen molar-refractivity contribution in [3.63, 3.8) is 0 Å². The van der Waals surface area contributed by atoms with E-state index in [1.807, 2.05) is 12.1 Å². The van der Waals surface area contributed by atoms with Crippen LogP contribution in [0.3, 0.4) is 0 Å². The van der Waals surface area contributed by atoms with Gasteiger partial charge in [0.05, 0.1) is 18.6 Å². The number of rotatable bonds is 8. The molecule has 174 valence electrons. The standard InChI is InChI=1S/C23H20N4O6S/c1-32-18-8-2-15(3-9-18)14-27-22(21(23(28)29)25-26-27)33-19-10-4-16(5-11-19)17-6-12-20(13-7-17)34(24,30)31/h2-13H,14H2,1H3,(H,28,29)(H2,24,30,31). The molecule has 0 bridgehead atoms. The molecule has 0 saturated heterocycles. The summed E-state index contributed by atoms with van der Waals surface area (Å²) in [5.41, 5.74) is 2.12. The predicted molar refractivity (Wildman–Crippen MR) is 122 cm³/mol. The molecule has 0 saturated carbocycles. The normalized spacial score (nSPS) is 11.2. The minimum absolute atomic E-state index is 0.00595. The molecule has 0 aliphatic rings. The summed E-state index contributed by atoms with van der Waals surface area (Å²) in [6, 6.07) is 20.3. The van der Waals surface area contributed by atoms with Crippen LogP contribution in [0, 0.1) is 0 Å². The Morgan fingerprint density at radius 3 is 2.03 bits per heavy atom. The van der Waals surface area contributed by atoms with Crippen molar-refractivity contribution >= 4 is 16.0 Å². The van der Waals surface area contributed by atoms with Gasteiger partial charge in [-0.2, -0.15) is 0 Å². The fourth-order valence-electron chi connectivity index (χ4n) is 3.21. The number of hydrogen-bond acceptors (Lipinski definition) is 7. The molecule has 0 aliphatic heterocycles. The van der Waals surface area contributed by atoms with Crippen LogP contribution in [0.15, 0.2) is 77.7 Å². The van der Waals surface area contributed by atoms with Crippen LogP contribution in [0.25, 0.3) is 11.1 Å². The smallest absolute Gasteiger partial charge is 0.362 e. The van der Waals surface area contributed by atoms with Crippen molar-refractivity contribution in [3.05, 3.63) is 84.1 Å². The van der Waals surface area contributed by atoms with E-state index in [2.05, 4.69) is 10.3 Å². The number of benzene rings is 3. The van der Waals surface area contributed by atoms with E-state index in [4.69, 9.17) is 14.6 Å². The molecule has 0 atom stereocenters. The molecule has 10 nitrogen and oxygen atoms in total. The molecule has 3 N–H and O–H groups in total. The van der Waals surface area contributed by atoms with Gasteiger partial charge in [0.25, 0.3) is 5.88 Å². The number of nitrogens with two attached hydrogens (primary N) is 1. The lowest BCUT2D eigenvalue weighted by atomic mass is 10.1. The van der Waals surface area contributed by atoms with Crippen molar-refractivity contribution in [3.8, 4) is 28.5 Å². The fraction of sp³-hybridized carbons (Fsp3) is 0.0870. The number of aromatic carboxylic acids is 1. The predicted octanol–water partition coefficient (Wildman–Crippen LogP) is 3.14. The number of ether oxygens (including phenoxy) is 2. The zero-order chi connectivity index (χ0) is 24.3. The quantitative estimate of drug-likeness (QED) is 0.391. The summed E-state index contributed by atoms with van der Waals surface area (Å²) in [6.45, 7) is 0.244. The molecule has 34 heavy (non-hydrogen) atoms. The number of carboxylic acids is 1. The van der Waals surface area contributed by atoms with Crippen molar-refractivity contribution in [2.75, 3.05) is 7.11 Å². The SMILES string of the molecule is COc1ccc(Cn2nnc(C(=O)O)c2Oc2ccc(-c3ccc(S(N)(=O)=O)cc3)cc2)cc1. The fourth-order valence-corrected chi connectivity index (χ4v) is 3.73. The third kappa shape index (κ3) is 5.05. The number of carbonyl (C=O) groups is 1. The Balaban J connectivity index is 1.57. The number of aromatic nitrogens is 3. The topological polar surface area (TPSA) is 147 Å². The van der Waals surface area contributed by atoms with E-state index in [9.17, 15) is 18.3 Å². The first-order valence-electron chi connectivity index (χ1n) is 9.95. The summed E-state index contributed by atoms with van der Waals surface area (Å²) in [5, 5.41) is 22.3. The second kappa shape index (κ2) is 9.33. The van der Waals surface area contributed by atoms with Crippen LogP contribution in [0.5, 0.6) is 17.4 Å². The lowest BCUT2D eigenvalue weighted by Gasteiger charge is -2.10. The molecule has 0 aliphatic carbocycles. The van der Waals surface area contributed by atoms with Crippen LogP contribution in [0.4, 0.5) is 0 Å². The van der Waals surface area contributed by atoms with Gasteiger partial charge in [-0.15, -0.1) is 5.10 Å². The maximum Gasteiger partial charge on any atom is 0.362 e. The summed E-state index contributed by atoms with van der Waals surface area (Å²) >= 11 is 0. The maximum absolute atomic E-state index is 11.6. The summed E-state index contributed by atoms with van der Waals surface area (Å²) in [4.78, 5) is 11.7. The van der Waals surface area contributed by atoms with Crippen molar-refractivity contribution in [2.45, 2.75) is 11.4 Å². The van der Waals surface area contributed by atoms with Crippen LogP contribution in [0.1, 0.15) is 16.1 Å². The number of methoxy groups -OCH3 is 1. The van der Waals surface area contributed by atoms with E-state index in [-0.39, 0.29) is 23.0 Å². The number of nitrogens with zero attached hydrogens (tertiary/aromatic N) is 3. The van der Waals surface area contributed by atoms with Crippen LogP contribution in [0.2, 0.25) is 0 Å². The highest BCUT2D eigenvalue weighted by atomic mass is 32.2. The second-order valence-corrected chi connectivity index (χ2v) is 8.81. The van der Waals surface area contributed by atoms with E-state index in [0.29, 0.717) is 11.5 Å². The van der Waals surface area contributed by atoms with Crippen molar-refractivity contribution in [1.82, 2.24) is 15.0 Å². The Hall–Kier alpha value is -4.22. The van der Waals surface area contributed by atoms with E-state index in [0.717, 1.165) is 16.7 Å². The molecule has 11 heteroatoms. The van der Waals surface area contributed by atoms with Gasteiger partial charge in [0.2, 0.25) is 15.7 Å². The Labute approximate surface area is 195 Å². The molecule has 0 radical (unpaired) electrons. The highest BCUT2D eigenvalue weighted by Gasteiger charge is 2.22. The zero-order valence-electron chi connectivity index (χ0n) is 18.0. The van der Waals surface area contributed by atoms with E-state index >= 15 is 0 Å². The lowest BCUT2D eigenvalue weighted by molar-refractivity contribution is 0.0687. The van der Waals surface area contributed by atoms with Gasteiger partial charge in [0, 0.05) is 0 Å². The van der Waals surface area contributed by atoms with Gasteiger partial charge in [-0.1, -0.05) is 41.6 Å². The zero-order valence-corrected chi connectivity index (χ0v) is 18.8. The maximum atomic E-state index is 11.6. The Morgan fingerprint density at radius 2 is 1.50 bits per heavy atom. The van der Waals surface area contributed by atoms with Crippen LogP contribution in [-0.4, -0.2) is 41.6 Å². The third-order valence-corrected chi connectivity index (χ3v) is 5.90. The molecule has 0 amide bonds. The minimum atomic E-state index is -3.77. The average Bonchev–Trinajstić information content (AvgIpc) is 3.22. The van der Waals surface area contributed by atoms with Gasteiger partial charge in [-0.25, -0.2) is 23.0 Å². The summed E-state index contributed by atoms with van der Waals surface area (Å²) < 4.78 is 35.2. The largest absolute Gasteiger partial charge is 0.497 e. The van der Waals surface area contributed by atoms with Crippen LogP contribution < -0.4 is 14.6 Å². The van der Waals surface area contributed by atoms with Gasteiger partial charge < -0.3 is 14.6 Å². The third-order valence-electron chi connectivity index (χ3n) is 4.97. The highest BCUT2D eigenvalue weighted by Crippen LogP contribution is 2.28. The Kier molecular flexibility index (Phi) is 6.30. The first kappa shape index (κ1) is 23.0. The van der Waals surface area contributed by atoms with Gasteiger partial charge in [-0.3, -0.25) is 0 Å². The number of primary sulfonamides is 1. The summed E-state index contributed by atoms with van der Waals surface area (Å²) in [7, 11) is -2.20. The molecule has 0 fully saturated rings. The molecule has 1 aromatic heterocycles. The number of sulfonamides is 1. The van der Waals surface area contributed by atoms with Gasteiger partial charge in [0.15, 0.2) is 0 Å². The van der Waals surface area contributed by atoms with Gasteiger partial charge in [-0.05, 0) is 53.1 Å². The van der Waals surface area contributed by atoms with E-state index in [1.165, 1.54) is 16.8 Å². The molecule has 0 spiro atoms. The van der Waals surface area contributed by atoms with Crippen molar-refractivity contribution < 1.29 is 27.8 Å². The van der Waals surface area contributed by atoms with E-state index in [1.54, 1.807) is 55.6 Å². The van der Waals surface area contributed by atoms with E-state index < -0.39 is 16.0 Å². The van der Waals surface area contributed by atoms with Gasteiger partial charge in [0.1, 0.15) is 11.5 Å². The molecular weight excluding hydrogens is 460 g/mol. The van der Waals surface area contributed by atoms with Crippen LogP contribution >= 0.6 is 0 Å². The average molecular weight is 481 g/mol. The lowest BCUT2D eigenvalue weighted by Crippen LogP contribution is -2.11. The molecule has 4 aromatic rings. The second-order valence-electron chi connectivity index (χ2n) is 7.25. The first-order chi connectivity index (χ1) is 16.2. The first-order valence-corrected chi connectivity index (χ1v) is 11.5. The van der Waals surface area contributed by atoms with Gasteiger partial charge >= 0.3 is 5.97 Å². The molecule has 4 rings (SSSR count). The van der Waals surface area contributed by atoms with Crippen molar-refractivity contribution in [1.29, 1.82) is 0 Å². The monoisotopic (exact) mass is 480 g/mol. The number of carboxylic acid groups (broad SMARTS) is 1. The van der Waals surface area contributed by atoms with Crippen LogP contribution in [-0.2, 0) is 16.6 Å². The summed E-state index contributed by atoms with van der Waals surface area (Å²) in [6.07, 6.45) is 0. The highest BCUT2D eigenvalue weighted by molar-refractivity contribution is 7.89. The van der Waals surface area contributed by atoms with Crippen molar-refractivity contribution in [2.24, 2.45) is 5.14 Å². The molecule has 0 unspecified atom stereocenters. The number of hydrogen-bond donors (Lipinski definition) is 2. The molecule has 1 heterocycles.